The van der Waals surface area contributed by atoms with E-state index in [9.17, 15) is 4.39 Å². The zero-order valence-corrected chi connectivity index (χ0v) is 14.9. The van der Waals surface area contributed by atoms with E-state index in [1.807, 2.05) is 12.1 Å². The van der Waals surface area contributed by atoms with Crippen LogP contribution >= 0.6 is 0 Å². The Morgan fingerprint density at radius 1 is 1.12 bits per heavy atom. The van der Waals surface area contributed by atoms with Gasteiger partial charge < -0.3 is 14.4 Å². The lowest BCUT2D eigenvalue weighted by molar-refractivity contribution is 0.0673. The molecule has 2 aliphatic heterocycles. The third-order valence-electron chi connectivity index (χ3n) is 5.49. The molecule has 2 heterocycles. The summed E-state index contributed by atoms with van der Waals surface area (Å²) in [6.45, 7) is 7.35. The van der Waals surface area contributed by atoms with Gasteiger partial charge in [0, 0.05) is 33.3 Å². The standard InChI is InChI=1S/C19H29FN2O2/c1-23-11-10-21-8-3-6-19(14-21)7-9-22(15-19)13-16-4-5-17(20)18(12-16)24-2/h4-5,12H,3,6-11,13-15H2,1-2H3. The van der Waals surface area contributed by atoms with Crippen LogP contribution in [0.4, 0.5) is 4.39 Å². The van der Waals surface area contributed by atoms with Crippen LogP contribution in [0.25, 0.3) is 0 Å². The van der Waals surface area contributed by atoms with Crippen LogP contribution in [0.3, 0.4) is 0 Å². The molecule has 0 aromatic heterocycles. The van der Waals surface area contributed by atoms with Gasteiger partial charge in [-0.15, -0.1) is 0 Å². The van der Waals surface area contributed by atoms with Gasteiger partial charge in [0.2, 0.25) is 0 Å². The summed E-state index contributed by atoms with van der Waals surface area (Å²) in [7, 11) is 3.29. The minimum Gasteiger partial charge on any atom is -0.494 e. The first-order valence-corrected chi connectivity index (χ1v) is 8.90. The maximum atomic E-state index is 13.6. The molecule has 2 aliphatic rings. The first-order valence-electron chi connectivity index (χ1n) is 8.90. The number of hydrogen-bond acceptors (Lipinski definition) is 4. The Bertz CT molecular complexity index is 554. The van der Waals surface area contributed by atoms with Crippen molar-refractivity contribution in [2.24, 2.45) is 5.41 Å². The molecule has 1 aromatic carbocycles. The van der Waals surface area contributed by atoms with Crippen molar-refractivity contribution in [2.75, 3.05) is 53.6 Å². The highest BCUT2D eigenvalue weighted by Crippen LogP contribution is 2.39. The fraction of sp³-hybridized carbons (Fsp3) is 0.684. The third-order valence-corrected chi connectivity index (χ3v) is 5.49. The summed E-state index contributed by atoms with van der Waals surface area (Å²) >= 11 is 0. The molecule has 0 N–H and O–H groups in total. The van der Waals surface area contributed by atoms with E-state index in [4.69, 9.17) is 9.47 Å². The van der Waals surface area contributed by atoms with E-state index in [0.717, 1.165) is 38.3 Å². The molecule has 2 fully saturated rings. The highest BCUT2D eigenvalue weighted by atomic mass is 19.1. The number of halogens is 1. The lowest BCUT2D eigenvalue weighted by atomic mass is 9.79. The lowest BCUT2D eigenvalue weighted by Gasteiger charge is -2.40. The molecule has 1 spiro atoms. The minimum atomic E-state index is -0.291. The van der Waals surface area contributed by atoms with E-state index < -0.39 is 0 Å². The van der Waals surface area contributed by atoms with Crippen LogP contribution in [0.15, 0.2) is 18.2 Å². The molecule has 0 amide bonds. The van der Waals surface area contributed by atoms with Gasteiger partial charge in [0.05, 0.1) is 13.7 Å². The monoisotopic (exact) mass is 336 g/mol. The molecule has 2 saturated heterocycles. The van der Waals surface area contributed by atoms with Gasteiger partial charge in [0.1, 0.15) is 0 Å². The summed E-state index contributed by atoms with van der Waals surface area (Å²) in [5.74, 6) is 0.0463. The van der Waals surface area contributed by atoms with Crippen molar-refractivity contribution >= 4 is 0 Å². The average molecular weight is 336 g/mol. The number of methoxy groups -OCH3 is 2. The molecule has 0 bridgehead atoms. The lowest BCUT2D eigenvalue weighted by Crippen LogP contribution is -2.45. The first-order chi connectivity index (χ1) is 11.6. The van der Waals surface area contributed by atoms with Crippen molar-refractivity contribution in [3.05, 3.63) is 29.6 Å². The average Bonchev–Trinajstić information content (AvgIpc) is 2.96. The quantitative estimate of drug-likeness (QED) is 0.797. The zero-order chi connectivity index (χ0) is 17.0. The molecular formula is C19H29FN2O2. The maximum absolute atomic E-state index is 13.6. The van der Waals surface area contributed by atoms with Crippen molar-refractivity contribution in [3.63, 3.8) is 0 Å². The van der Waals surface area contributed by atoms with Gasteiger partial charge in [-0.1, -0.05) is 6.07 Å². The highest BCUT2D eigenvalue weighted by molar-refractivity contribution is 5.30. The number of ether oxygens (including phenoxy) is 2. The summed E-state index contributed by atoms with van der Waals surface area (Å²) in [5.41, 5.74) is 1.55. The molecule has 3 rings (SSSR count). The van der Waals surface area contributed by atoms with Gasteiger partial charge in [-0.25, -0.2) is 4.39 Å². The predicted molar refractivity (Wildman–Crippen MR) is 92.8 cm³/mol. The van der Waals surface area contributed by atoms with Crippen LogP contribution < -0.4 is 4.74 Å². The zero-order valence-electron chi connectivity index (χ0n) is 14.9. The van der Waals surface area contributed by atoms with Gasteiger partial charge in [-0.3, -0.25) is 4.90 Å². The Morgan fingerprint density at radius 3 is 2.75 bits per heavy atom. The van der Waals surface area contributed by atoms with E-state index in [1.165, 1.54) is 45.5 Å². The minimum absolute atomic E-state index is 0.291. The summed E-state index contributed by atoms with van der Waals surface area (Å²) in [5, 5.41) is 0. The molecule has 5 heteroatoms. The molecule has 4 nitrogen and oxygen atoms in total. The van der Waals surface area contributed by atoms with Crippen molar-refractivity contribution in [1.29, 1.82) is 0 Å². The number of rotatable bonds is 6. The molecule has 1 atom stereocenters. The molecule has 0 aliphatic carbocycles. The van der Waals surface area contributed by atoms with Crippen molar-refractivity contribution in [3.8, 4) is 5.75 Å². The molecule has 0 saturated carbocycles. The Morgan fingerprint density at radius 2 is 1.96 bits per heavy atom. The molecule has 1 unspecified atom stereocenters. The number of piperidine rings is 1. The van der Waals surface area contributed by atoms with Crippen LogP contribution in [0.1, 0.15) is 24.8 Å². The summed E-state index contributed by atoms with van der Waals surface area (Å²) in [6, 6.07) is 5.20. The second-order valence-corrected chi connectivity index (χ2v) is 7.30. The topological polar surface area (TPSA) is 24.9 Å². The van der Waals surface area contributed by atoms with Gasteiger partial charge in [-0.05, 0) is 55.5 Å². The largest absolute Gasteiger partial charge is 0.494 e. The van der Waals surface area contributed by atoms with Gasteiger partial charge in [0.15, 0.2) is 11.6 Å². The fourth-order valence-corrected chi connectivity index (χ4v) is 4.28. The highest BCUT2D eigenvalue weighted by Gasteiger charge is 2.40. The maximum Gasteiger partial charge on any atom is 0.165 e. The third kappa shape index (κ3) is 4.08. The van der Waals surface area contributed by atoms with E-state index in [-0.39, 0.29) is 5.82 Å². The van der Waals surface area contributed by atoms with Crippen LogP contribution in [-0.2, 0) is 11.3 Å². The fourth-order valence-electron chi connectivity index (χ4n) is 4.28. The number of nitrogens with zero attached hydrogens (tertiary/aromatic N) is 2. The van der Waals surface area contributed by atoms with Crippen molar-refractivity contribution < 1.29 is 13.9 Å². The van der Waals surface area contributed by atoms with Crippen LogP contribution in [0.5, 0.6) is 5.75 Å². The van der Waals surface area contributed by atoms with E-state index in [2.05, 4.69) is 9.80 Å². The number of likely N-dealkylation sites (tertiary alicyclic amines) is 2. The predicted octanol–water partition coefficient (Wildman–Crippen LogP) is 2.77. The van der Waals surface area contributed by atoms with Crippen LogP contribution in [0.2, 0.25) is 0 Å². The smallest absolute Gasteiger partial charge is 0.165 e. The van der Waals surface area contributed by atoms with Crippen LogP contribution in [0, 0.1) is 11.2 Å². The molecule has 134 valence electrons. The molecular weight excluding hydrogens is 307 g/mol. The normalized spacial score (nSPS) is 25.5. The molecule has 1 aromatic rings. The SMILES string of the molecule is COCCN1CCCC2(CCN(Cc3ccc(F)c(OC)c3)C2)C1. The Hall–Kier alpha value is -1.17. The number of benzene rings is 1. The van der Waals surface area contributed by atoms with E-state index >= 15 is 0 Å². The van der Waals surface area contributed by atoms with Crippen molar-refractivity contribution in [2.45, 2.75) is 25.8 Å². The van der Waals surface area contributed by atoms with Gasteiger partial charge >= 0.3 is 0 Å². The Balaban J connectivity index is 1.58. The van der Waals surface area contributed by atoms with E-state index in [0.29, 0.717) is 11.2 Å². The van der Waals surface area contributed by atoms with Crippen molar-refractivity contribution in [1.82, 2.24) is 9.80 Å². The number of hydrogen-bond donors (Lipinski definition) is 0. The van der Waals surface area contributed by atoms with Gasteiger partial charge in [-0.2, -0.15) is 0 Å². The second-order valence-electron chi connectivity index (χ2n) is 7.30. The van der Waals surface area contributed by atoms with Crippen LogP contribution in [-0.4, -0.2) is 63.4 Å². The summed E-state index contributed by atoms with van der Waals surface area (Å²) in [6.07, 6.45) is 3.86. The Kier molecular flexibility index (Phi) is 5.74. The van der Waals surface area contributed by atoms with E-state index in [1.54, 1.807) is 7.11 Å². The second kappa shape index (κ2) is 7.81. The summed E-state index contributed by atoms with van der Waals surface area (Å²) in [4.78, 5) is 5.06. The van der Waals surface area contributed by atoms with Gasteiger partial charge in [0.25, 0.3) is 0 Å². The summed E-state index contributed by atoms with van der Waals surface area (Å²) < 4.78 is 23.9. The molecule has 24 heavy (non-hydrogen) atoms. The first kappa shape index (κ1) is 17.6. The molecule has 0 radical (unpaired) electrons. The Labute approximate surface area is 144 Å².